The fourth-order valence-corrected chi connectivity index (χ4v) is 6.13. The van der Waals surface area contributed by atoms with Crippen LogP contribution in [-0.2, 0) is 32.0 Å². The van der Waals surface area contributed by atoms with Gasteiger partial charge in [-0.05, 0) is 54.5 Å². The van der Waals surface area contributed by atoms with Gasteiger partial charge in [-0.15, -0.1) is 0 Å². The number of aliphatic hydroxyl groups excluding tert-OH is 2. The quantitative estimate of drug-likeness (QED) is 0.326. The standard InChI is InChI=1S/C31H41N3O7/c1-18(2)14-34(28-23-13-21(16-35)19(3)11-24(23)32-29(28)37)15-26(36)25(12-20-7-5-4-6-8-20)33-31(38)41-27-17-40-30-22(27)9-10-39-30/h4-8,11,13,18,22,25-28,30,35-36H,9-10,12,14-17H2,1-3H3,(H,32,37)(H,33,38)/t22-,25?,26?,27-,28?,30+/m0/s1. The van der Waals surface area contributed by atoms with Crippen LogP contribution in [0.1, 0.15) is 48.6 Å². The van der Waals surface area contributed by atoms with Crippen LogP contribution in [0.3, 0.4) is 0 Å². The minimum atomic E-state index is -1.01. The second kappa shape index (κ2) is 12.9. The molecule has 41 heavy (non-hydrogen) atoms. The largest absolute Gasteiger partial charge is 0.443 e. The molecule has 2 saturated heterocycles. The summed E-state index contributed by atoms with van der Waals surface area (Å²) in [5.41, 5.74) is 4.10. The lowest BCUT2D eigenvalue weighted by molar-refractivity contribution is -0.121. The number of fused-ring (bicyclic) bond motifs is 2. The molecule has 10 heteroatoms. The minimum Gasteiger partial charge on any atom is -0.443 e. The summed E-state index contributed by atoms with van der Waals surface area (Å²) in [6.45, 7) is 7.43. The van der Waals surface area contributed by atoms with Crippen LogP contribution in [0.5, 0.6) is 0 Å². The number of carbonyl (C=O) groups is 2. The van der Waals surface area contributed by atoms with Crippen LogP contribution in [0.15, 0.2) is 42.5 Å². The molecular formula is C31H41N3O7. The van der Waals surface area contributed by atoms with Crippen molar-refractivity contribution in [2.45, 2.75) is 70.8 Å². The molecule has 6 atom stereocenters. The van der Waals surface area contributed by atoms with E-state index in [0.717, 1.165) is 28.7 Å². The van der Waals surface area contributed by atoms with E-state index < -0.39 is 30.4 Å². The maximum absolute atomic E-state index is 13.3. The van der Waals surface area contributed by atoms with Gasteiger partial charge in [-0.1, -0.05) is 44.2 Å². The Morgan fingerprint density at radius 1 is 1.20 bits per heavy atom. The molecule has 3 aliphatic rings. The Bertz CT molecular complexity index is 1220. The fraction of sp³-hybridized carbons (Fsp3) is 0.548. The Balaban J connectivity index is 1.35. The number of alkyl carbamates (subject to hydrolysis) is 1. The molecule has 5 rings (SSSR count). The highest BCUT2D eigenvalue weighted by molar-refractivity contribution is 6.02. The van der Waals surface area contributed by atoms with Crippen molar-refractivity contribution < 1.29 is 34.0 Å². The molecule has 2 fully saturated rings. The average Bonchev–Trinajstić information content (AvgIpc) is 3.63. The number of nitrogens with zero attached hydrogens (tertiary/aromatic N) is 1. The molecule has 0 radical (unpaired) electrons. The van der Waals surface area contributed by atoms with Crippen LogP contribution >= 0.6 is 0 Å². The smallest absolute Gasteiger partial charge is 0.407 e. The number of rotatable bonds is 11. The number of carbonyl (C=O) groups excluding carboxylic acids is 2. The van der Waals surface area contributed by atoms with Crippen LogP contribution in [0, 0.1) is 18.8 Å². The number of anilines is 1. The highest BCUT2D eigenvalue weighted by Gasteiger charge is 2.44. The number of hydrogen-bond acceptors (Lipinski definition) is 8. The second-order valence-electron chi connectivity index (χ2n) is 11.7. The van der Waals surface area contributed by atoms with Crippen molar-refractivity contribution in [2.75, 3.05) is 31.6 Å². The van der Waals surface area contributed by atoms with E-state index in [4.69, 9.17) is 14.2 Å². The summed E-state index contributed by atoms with van der Waals surface area (Å²) in [6.07, 6.45) is -1.22. The Labute approximate surface area is 241 Å². The molecule has 2 aromatic rings. The third-order valence-corrected chi connectivity index (χ3v) is 8.18. The highest BCUT2D eigenvalue weighted by Crippen LogP contribution is 2.38. The first-order valence-electron chi connectivity index (χ1n) is 14.4. The van der Waals surface area contributed by atoms with Gasteiger partial charge in [0.1, 0.15) is 12.1 Å². The van der Waals surface area contributed by atoms with E-state index in [1.165, 1.54) is 0 Å². The summed E-state index contributed by atoms with van der Waals surface area (Å²) < 4.78 is 16.9. The molecular weight excluding hydrogens is 526 g/mol. The van der Waals surface area contributed by atoms with Crippen molar-refractivity contribution in [3.63, 3.8) is 0 Å². The third kappa shape index (κ3) is 6.73. The van der Waals surface area contributed by atoms with Gasteiger partial charge in [0.25, 0.3) is 0 Å². The van der Waals surface area contributed by atoms with Gasteiger partial charge in [0.05, 0.1) is 37.9 Å². The van der Waals surface area contributed by atoms with E-state index in [2.05, 4.69) is 24.5 Å². The zero-order valence-corrected chi connectivity index (χ0v) is 23.9. The lowest BCUT2D eigenvalue weighted by atomic mass is 9.97. The van der Waals surface area contributed by atoms with Crippen molar-refractivity contribution in [3.05, 3.63) is 64.7 Å². The van der Waals surface area contributed by atoms with Crippen molar-refractivity contribution in [1.29, 1.82) is 0 Å². The van der Waals surface area contributed by atoms with E-state index in [1.807, 2.05) is 54.3 Å². The predicted octanol–water partition coefficient (Wildman–Crippen LogP) is 2.90. The van der Waals surface area contributed by atoms with Crippen LogP contribution in [0.25, 0.3) is 0 Å². The third-order valence-electron chi connectivity index (χ3n) is 8.18. The topological polar surface area (TPSA) is 130 Å². The molecule has 3 heterocycles. The summed E-state index contributed by atoms with van der Waals surface area (Å²) in [5.74, 6) is 0.0355. The first-order valence-corrected chi connectivity index (χ1v) is 14.4. The summed E-state index contributed by atoms with van der Waals surface area (Å²) in [6, 6.07) is 12.1. The molecule has 0 bridgehead atoms. The van der Waals surface area contributed by atoms with Gasteiger partial charge in [0.15, 0.2) is 6.29 Å². The number of nitrogens with one attached hydrogen (secondary N) is 2. The van der Waals surface area contributed by atoms with Gasteiger partial charge in [0, 0.05) is 24.3 Å². The van der Waals surface area contributed by atoms with Crippen LogP contribution < -0.4 is 10.6 Å². The molecule has 0 aromatic heterocycles. The van der Waals surface area contributed by atoms with E-state index in [9.17, 15) is 19.8 Å². The number of hydrogen-bond donors (Lipinski definition) is 4. The summed E-state index contributed by atoms with van der Waals surface area (Å²) in [4.78, 5) is 28.3. The number of aryl methyl sites for hydroxylation is 1. The monoisotopic (exact) mass is 567 g/mol. The number of ether oxygens (including phenoxy) is 3. The van der Waals surface area contributed by atoms with Gasteiger partial charge in [-0.3, -0.25) is 9.69 Å². The molecule has 3 unspecified atom stereocenters. The number of aliphatic hydroxyl groups is 2. The molecule has 0 spiro atoms. The van der Waals surface area contributed by atoms with E-state index >= 15 is 0 Å². The molecule has 0 saturated carbocycles. The number of amides is 2. The molecule has 0 aliphatic carbocycles. The number of benzene rings is 2. The van der Waals surface area contributed by atoms with Crippen molar-refractivity contribution in [3.8, 4) is 0 Å². The summed E-state index contributed by atoms with van der Waals surface area (Å²) in [7, 11) is 0. The van der Waals surface area contributed by atoms with Gasteiger partial charge in [0.2, 0.25) is 5.91 Å². The fourth-order valence-electron chi connectivity index (χ4n) is 6.13. The van der Waals surface area contributed by atoms with Crippen molar-refractivity contribution in [1.82, 2.24) is 10.2 Å². The Morgan fingerprint density at radius 2 is 1.98 bits per heavy atom. The van der Waals surface area contributed by atoms with Crippen molar-refractivity contribution >= 4 is 17.7 Å². The minimum absolute atomic E-state index is 0.00757. The maximum atomic E-state index is 13.3. The average molecular weight is 568 g/mol. The lowest BCUT2D eigenvalue weighted by Gasteiger charge is -2.34. The molecule has 4 N–H and O–H groups in total. The molecule has 2 amide bonds. The lowest BCUT2D eigenvalue weighted by Crippen LogP contribution is -2.52. The van der Waals surface area contributed by atoms with E-state index in [1.54, 1.807) is 0 Å². The first kappa shape index (κ1) is 29.5. The summed E-state index contributed by atoms with van der Waals surface area (Å²) >= 11 is 0. The first-order chi connectivity index (χ1) is 19.7. The zero-order valence-electron chi connectivity index (χ0n) is 23.9. The van der Waals surface area contributed by atoms with Crippen molar-refractivity contribution in [2.24, 2.45) is 11.8 Å². The van der Waals surface area contributed by atoms with Gasteiger partial charge >= 0.3 is 6.09 Å². The normalized spacial score (nSPS) is 24.7. The Kier molecular flexibility index (Phi) is 9.25. The summed E-state index contributed by atoms with van der Waals surface area (Å²) in [5, 5.41) is 27.4. The van der Waals surface area contributed by atoms with Crippen LogP contribution in [0.4, 0.5) is 10.5 Å². The maximum Gasteiger partial charge on any atom is 0.407 e. The molecule has 2 aromatic carbocycles. The van der Waals surface area contributed by atoms with E-state index in [-0.39, 0.29) is 43.8 Å². The predicted molar refractivity (Wildman–Crippen MR) is 152 cm³/mol. The van der Waals surface area contributed by atoms with Crippen LogP contribution in [0.2, 0.25) is 0 Å². The Morgan fingerprint density at radius 3 is 2.71 bits per heavy atom. The van der Waals surface area contributed by atoms with Crippen LogP contribution in [-0.4, -0.2) is 78.0 Å². The van der Waals surface area contributed by atoms with Gasteiger partial charge in [-0.2, -0.15) is 0 Å². The zero-order chi connectivity index (χ0) is 29.1. The molecule has 222 valence electrons. The highest BCUT2D eigenvalue weighted by atomic mass is 16.7. The van der Waals surface area contributed by atoms with Gasteiger partial charge < -0.3 is 35.1 Å². The SMILES string of the molecule is Cc1cc2c(cc1CO)C(N(CC(C)C)CC(O)C(Cc1ccccc1)NC(=O)O[C@H]1CO[C@H]3OCC[C@H]31)C(=O)N2. The van der Waals surface area contributed by atoms with Gasteiger partial charge in [-0.25, -0.2) is 4.79 Å². The molecule has 10 nitrogen and oxygen atoms in total. The Hall–Kier alpha value is -3.02. The molecule has 3 aliphatic heterocycles. The second-order valence-corrected chi connectivity index (χ2v) is 11.7. The van der Waals surface area contributed by atoms with E-state index in [0.29, 0.717) is 25.3 Å².